The summed E-state index contributed by atoms with van der Waals surface area (Å²) in [5.41, 5.74) is 0.564. The minimum Gasteiger partial charge on any atom is -0.373 e. The van der Waals surface area contributed by atoms with E-state index in [9.17, 15) is 14.0 Å². The molecule has 25 heavy (non-hydrogen) atoms. The minimum atomic E-state index is -0.246. The number of hydrogen-bond donors (Lipinski definition) is 1. The summed E-state index contributed by atoms with van der Waals surface area (Å²) in [6.07, 6.45) is 4.25. The molecule has 0 aromatic heterocycles. The minimum absolute atomic E-state index is 0.0243. The molecule has 136 valence electrons. The molecule has 0 saturated carbocycles. The van der Waals surface area contributed by atoms with Crippen molar-refractivity contribution < 1.29 is 18.7 Å². The summed E-state index contributed by atoms with van der Waals surface area (Å²) in [7, 11) is 0. The highest BCUT2D eigenvalue weighted by molar-refractivity contribution is 5.80. The zero-order valence-corrected chi connectivity index (χ0v) is 14.4. The molecular formula is C19H25FN2O3. The van der Waals surface area contributed by atoms with Gasteiger partial charge in [-0.2, -0.15) is 0 Å². The molecule has 1 unspecified atom stereocenters. The Morgan fingerprint density at radius 1 is 1.24 bits per heavy atom. The second-order valence-corrected chi connectivity index (χ2v) is 6.84. The fourth-order valence-corrected chi connectivity index (χ4v) is 3.47. The maximum atomic E-state index is 13.6. The van der Waals surface area contributed by atoms with E-state index in [2.05, 4.69) is 5.32 Å². The van der Waals surface area contributed by atoms with Crippen LogP contribution in [-0.2, 0) is 20.9 Å². The maximum Gasteiger partial charge on any atom is 0.224 e. The lowest BCUT2D eigenvalue weighted by atomic mass is 10.00. The van der Waals surface area contributed by atoms with E-state index in [1.54, 1.807) is 18.2 Å². The average molecular weight is 348 g/mol. The molecule has 2 heterocycles. The van der Waals surface area contributed by atoms with Gasteiger partial charge in [-0.15, -0.1) is 0 Å². The monoisotopic (exact) mass is 348 g/mol. The lowest BCUT2D eigenvalue weighted by Gasteiger charge is -2.33. The summed E-state index contributed by atoms with van der Waals surface area (Å²) in [5, 5.41) is 2.89. The first-order valence-corrected chi connectivity index (χ1v) is 9.04. The van der Waals surface area contributed by atoms with Crippen LogP contribution in [0.3, 0.4) is 0 Å². The molecule has 1 N–H and O–H groups in total. The Morgan fingerprint density at radius 2 is 2.00 bits per heavy atom. The number of halogens is 1. The van der Waals surface area contributed by atoms with Crippen molar-refractivity contribution in [2.24, 2.45) is 0 Å². The van der Waals surface area contributed by atoms with Crippen LogP contribution in [0.1, 0.15) is 44.1 Å². The average Bonchev–Trinajstić information content (AvgIpc) is 2.61. The van der Waals surface area contributed by atoms with Gasteiger partial charge < -0.3 is 15.0 Å². The van der Waals surface area contributed by atoms with E-state index in [0.29, 0.717) is 31.5 Å². The Morgan fingerprint density at radius 3 is 2.72 bits per heavy atom. The fourth-order valence-electron chi connectivity index (χ4n) is 3.47. The zero-order chi connectivity index (χ0) is 17.6. The normalized spacial score (nSPS) is 21.9. The Balaban J connectivity index is 1.40. The third-order valence-electron chi connectivity index (χ3n) is 4.97. The second kappa shape index (κ2) is 8.43. The number of piperidine rings is 2. The Kier molecular flexibility index (Phi) is 6.02. The molecule has 0 radical (unpaired) electrons. The zero-order valence-electron chi connectivity index (χ0n) is 14.4. The van der Waals surface area contributed by atoms with Crippen molar-refractivity contribution in [1.82, 2.24) is 10.2 Å². The van der Waals surface area contributed by atoms with Crippen LogP contribution in [0.4, 0.5) is 4.39 Å². The Hall–Kier alpha value is -1.95. The van der Waals surface area contributed by atoms with Crippen molar-refractivity contribution >= 4 is 11.8 Å². The molecule has 1 aromatic carbocycles. The molecule has 2 saturated heterocycles. The van der Waals surface area contributed by atoms with Gasteiger partial charge in [0.05, 0.1) is 12.7 Å². The van der Waals surface area contributed by atoms with Gasteiger partial charge in [-0.1, -0.05) is 18.2 Å². The lowest BCUT2D eigenvalue weighted by molar-refractivity contribution is -0.135. The second-order valence-electron chi connectivity index (χ2n) is 6.84. The molecule has 3 rings (SSSR count). The number of nitrogens with zero attached hydrogens (tertiary/aromatic N) is 1. The predicted molar refractivity (Wildman–Crippen MR) is 91.2 cm³/mol. The number of carbonyl (C=O) groups excluding carboxylic acids is 2. The molecule has 5 nitrogen and oxygen atoms in total. The van der Waals surface area contributed by atoms with Crippen molar-refractivity contribution in [2.75, 3.05) is 13.1 Å². The number of nitrogens with one attached hydrogen (secondary N) is 1. The molecule has 0 bridgehead atoms. The highest BCUT2D eigenvalue weighted by Crippen LogP contribution is 2.19. The van der Waals surface area contributed by atoms with Crippen LogP contribution in [0.15, 0.2) is 24.3 Å². The number of hydrogen-bond acceptors (Lipinski definition) is 3. The van der Waals surface area contributed by atoms with Gasteiger partial charge in [0.15, 0.2) is 0 Å². The third kappa shape index (κ3) is 5.01. The van der Waals surface area contributed by atoms with Gasteiger partial charge in [0.1, 0.15) is 5.82 Å². The van der Waals surface area contributed by atoms with E-state index in [1.165, 1.54) is 6.07 Å². The first-order valence-electron chi connectivity index (χ1n) is 9.04. The van der Waals surface area contributed by atoms with Crippen molar-refractivity contribution in [3.05, 3.63) is 35.6 Å². The quantitative estimate of drug-likeness (QED) is 0.889. The third-order valence-corrected chi connectivity index (χ3v) is 4.97. The van der Waals surface area contributed by atoms with Crippen LogP contribution >= 0.6 is 0 Å². The molecule has 1 aromatic rings. The number of benzene rings is 1. The van der Waals surface area contributed by atoms with Crippen LogP contribution in [0.2, 0.25) is 0 Å². The molecule has 6 heteroatoms. The van der Waals surface area contributed by atoms with Gasteiger partial charge >= 0.3 is 0 Å². The van der Waals surface area contributed by atoms with E-state index < -0.39 is 0 Å². The topological polar surface area (TPSA) is 58.6 Å². The number of likely N-dealkylation sites (tertiary alicyclic amines) is 1. The largest absolute Gasteiger partial charge is 0.373 e. The van der Waals surface area contributed by atoms with Gasteiger partial charge in [0.25, 0.3) is 0 Å². The van der Waals surface area contributed by atoms with Crippen molar-refractivity contribution in [2.45, 2.75) is 57.3 Å². The van der Waals surface area contributed by atoms with Gasteiger partial charge in [-0.05, 0) is 31.7 Å². The number of amides is 2. The molecule has 2 amide bonds. The smallest absolute Gasteiger partial charge is 0.224 e. The first-order chi connectivity index (χ1) is 12.1. The van der Waals surface area contributed by atoms with Gasteiger partial charge in [-0.3, -0.25) is 9.59 Å². The first kappa shape index (κ1) is 17.9. The summed E-state index contributed by atoms with van der Waals surface area (Å²) < 4.78 is 19.4. The SMILES string of the molecule is O=C1CCCC(CC(=O)N2CCC(OCc3ccccc3F)CC2)N1. The van der Waals surface area contributed by atoms with Crippen LogP contribution in [0, 0.1) is 5.82 Å². The van der Waals surface area contributed by atoms with Crippen molar-refractivity contribution in [1.29, 1.82) is 0 Å². The standard InChI is InChI=1S/C19H25FN2O3/c20-17-6-2-1-4-14(17)13-25-16-8-10-22(11-9-16)19(24)12-15-5-3-7-18(23)21-15/h1-2,4,6,15-16H,3,5,7-13H2,(H,21,23). The molecule has 2 fully saturated rings. The molecular weight excluding hydrogens is 323 g/mol. The molecule has 2 aliphatic heterocycles. The van der Waals surface area contributed by atoms with Gasteiger partial charge in [-0.25, -0.2) is 4.39 Å². The van der Waals surface area contributed by atoms with Gasteiger partial charge in [0.2, 0.25) is 11.8 Å². The number of carbonyl (C=O) groups is 2. The molecule has 0 aliphatic carbocycles. The van der Waals surface area contributed by atoms with E-state index >= 15 is 0 Å². The molecule has 0 spiro atoms. The van der Waals surface area contributed by atoms with E-state index in [4.69, 9.17) is 4.74 Å². The van der Waals surface area contributed by atoms with E-state index in [1.807, 2.05) is 4.90 Å². The van der Waals surface area contributed by atoms with Crippen molar-refractivity contribution in [3.63, 3.8) is 0 Å². The molecule has 2 aliphatic rings. The predicted octanol–water partition coefficient (Wildman–Crippen LogP) is 2.39. The highest BCUT2D eigenvalue weighted by atomic mass is 19.1. The maximum absolute atomic E-state index is 13.6. The summed E-state index contributed by atoms with van der Waals surface area (Å²) in [6, 6.07) is 6.60. The fraction of sp³-hybridized carbons (Fsp3) is 0.579. The summed E-state index contributed by atoms with van der Waals surface area (Å²) >= 11 is 0. The molecule has 1 atom stereocenters. The highest BCUT2D eigenvalue weighted by Gasteiger charge is 2.27. The van der Waals surface area contributed by atoms with Crippen molar-refractivity contribution in [3.8, 4) is 0 Å². The van der Waals surface area contributed by atoms with E-state index in [0.717, 1.165) is 25.7 Å². The van der Waals surface area contributed by atoms with Crippen LogP contribution in [0.5, 0.6) is 0 Å². The number of rotatable bonds is 5. The summed E-state index contributed by atoms with van der Waals surface area (Å²) in [6.45, 7) is 1.57. The van der Waals surface area contributed by atoms with Gasteiger partial charge in [0, 0.05) is 37.5 Å². The van der Waals surface area contributed by atoms with Crippen LogP contribution < -0.4 is 5.32 Å². The Bertz CT molecular complexity index is 614. The van der Waals surface area contributed by atoms with Crippen LogP contribution in [0.25, 0.3) is 0 Å². The lowest BCUT2D eigenvalue weighted by Crippen LogP contribution is -2.46. The van der Waals surface area contributed by atoms with E-state index in [-0.39, 0.29) is 36.4 Å². The summed E-state index contributed by atoms with van der Waals surface area (Å²) in [5.74, 6) is -0.103. The number of ether oxygens (including phenoxy) is 1. The summed E-state index contributed by atoms with van der Waals surface area (Å²) in [4.78, 5) is 25.6. The Labute approximate surface area is 147 Å². The van der Waals surface area contributed by atoms with Crippen LogP contribution in [-0.4, -0.2) is 41.9 Å².